The van der Waals surface area contributed by atoms with Gasteiger partial charge in [0.25, 0.3) is 0 Å². The minimum Gasteiger partial charge on any atom is -0.335 e. The molecule has 0 radical (unpaired) electrons. The van der Waals surface area contributed by atoms with E-state index >= 15 is 0 Å². The number of allylic oxidation sites excluding steroid dienone is 3. The van der Waals surface area contributed by atoms with Crippen molar-refractivity contribution in [2.45, 2.75) is 110 Å². The minimum absolute atomic E-state index is 0.00276. The molecule has 1 saturated heterocycles. The van der Waals surface area contributed by atoms with Gasteiger partial charge < -0.3 is 4.90 Å². The van der Waals surface area contributed by atoms with Gasteiger partial charge in [0.05, 0.1) is 11.1 Å². The summed E-state index contributed by atoms with van der Waals surface area (Å²) >= 11 is 0. The number of rotatable bonds is 6. The van der Waals surface area contributed by atoms with Crippen LogP contribution in [0.2, 0.25) is 0 Å². The molecule has 0 bridgehead atoms. The zero-order valence-corrected chi connectivity index (χ0v) is 25.9. The molecule has 2 nitrogen and oxygen atoms in total. The van der Waals surface area contributed by atoms with Crippen molar-refractivity contribution in [1.82, 2.24) is 4.90 Å². The van der Waals surface area contributed by atoms with Crippen LogP contribution in [0, 0.1) is 5.41 Å². The molecule has 3 aliphatic rings. The molecule has 0 saturated carbocycles. The van der Waals surface area contributed by atoms with E-state index in [0.717, 1.165) is 56.2 Å². The Morgan fingerprint density at radius 2 is 1.61 bits per heavy atom. The first-order valence-corrected chi connectivity index (χ1v) is 15.7. The van der Waals surface area contributed by atoms with Gasteiger partial charge in [-0.2, -0.15) is 26.3 Å². The number of aryl methyl sites for hydroxylation is 1. The lowest BCUT2D eigenvalue weighted by molar-refractivity contribution is -0.143. The number of amides is 1. The second-order valence-electron chi connectivity index (χ2n) is 13.5. The van der Waals surface area contributed by atoms with Crippen molar-refractivity contribution in [3.05, 3.63) is 81.4 Å². The van der Waals surface area contributed by atoms with Gasteiger partial charge >= 0.3 is 12.4 Å². The van der Waals surface area contributed by atoms with Gasteiger partial charge in [0.15, 0.2) is 0 Å². The topological polar surface area (TPSA) is 20.3 Å². The first-order valence-electron chi connectivity index (χ1n) is 15.7. The molecule has 2 unspecified atom stereocenters. The summed E-state index contributed by atoms with van der Waals surface area (Å²) in [5, 5.41) is 0. The van der Waals surface area contributed by atoms with Gasteiger partial charge in [0, 0.05) is 24.9 Å². The predicted molar refractivity (Wildman–Crippen MR) is 162 cm³/mol. The third-order valence-corrected chi connectivity index (χ3v) is 9.84. The van der Waals surface area contributed by atoms with E-state index in [4.69, 9.17) is 0 Å². The fourth-order valence-corrected chi connectivity index (χ4v) is 7.30. The molecule has 0 N–H and O–H groups in total. The molecule has 1 amide bonds. The molecule has 2 aromatic rings. The summed E-state index contributed by atoms with van der Waals surface area (Å²) in [6.45, 7) is 8.59. The molecule has 0 spiro atoms. The number of carbonyl (C=O) groups is 1. The van der Waals surface area contributed by atoms with Gasteiger partial charge in [-0.1, -0.05) is 39.0 Å². The van der Waals surface area contributed by atoms with Gasteiger partial charge in [0.2, 0.25) is 5.91 Å². The van der Waals surface area contributed by atoms with E-state index < -0.39 is 35.4 Å². The number of carbonyl (C=O) groups excluding carboxylic acids is 1. The van der Waals surface area contributed by atoms with E-state index in [2.05, 4.69) is 45.0 Å². The summed E-state index contributed by atoms with van der Waals surface area (Å²) in [6, 6.07) is 7.84. The van der Waals surface area contributed by atoms with Gasteiger partial charge in [-0.25, -0.2) is 0 Å². The van der Waals surface area contributed by atoms with Crippen molar-refractivity contribution in [3.63, 3.8) is 0 Å². The Bertz CT molecular complexity index is 1450. The summed E-state index contributed by atoms with van der Waals surface area (Å²) in [7, 11) is 0. The number of benzene rings is 2. The fourth-order valence-electron chi connectivity index (χ4n) is 7.30. The summed E-state index contributed by atoms with van der Waals surface area (Å²) in [5.74, 6) is -1.03. The van der Waals surface area contributed by atoms with E-state index in [1.807, 2.05) is 0 Å². The van der Waals surface area contributed by atoms with Crippen LogP contribution >= 0.6 is 0 Å². The highest BCUT2D eigenvalue weighted by molar-refractivity contribution is 5.82. The van der Waals surface area contributed by atoms with Crippen LogP contribution in [0.4, 0.5) is 26.3 Å². The van der Waals surface area contributed by atoms with E-state index in [9.17, 15) is 31.1 Å². The average molecular weight is 618 g/mol. The van der Waals surface area contributed by atoms with E-state index in [-0.39, 0.29) is 29.4 Å². The van der Waals surface area contributed by atoms with Gasteiger partial charge in [-0.3, -0.25) is 4.79 Å². The molecule has 1 fully saturated rings. The van der Waals surface area contributed by atoms with Crippen LogP contribution in [-0.4, -0.2) is 23.4 Å². The minimum atomic E-state index is -4.94. The Hall–Kier alpha value is -3.03. The average Bonchev–Trinajstić information content (AvgIpc) is 3.24. The third kappa shape index (κ3) is 6.79. The first-order chi connectivity index (χ1) is 20.6. The van der Waals surface area contributed by atoms with Gasteiger partial charge in [-0.15, -0.1) is 0 Å². The Labute approximate surface area is 256 Å². The van der Waals surface area contributed by atoms with Crippen LogP contribution in [-0.2, 0) is 23.6 Å². The summed E-state index contributed by atoms with van der Waals surface area (Å²) < 4.78 is 81.7. The normalized spacial score (nSPS) is 22.9. The molecule has 2 aliphatic carbocycles. The number of hydrogen-bond acceptors (Lipinski definition) is 1. The molecule has 0 aromatic heterocycles. The second-order valence-corrected chi connectivity index (χ2v) is 13.5. The van der Waals surface area contributed by atoms with E-state index in [1.165, 1.54) is 40.7 Å². The zero-order valence-electron chi connectivity index (χ0n) is 25.9. The van der Waals surface area contributed by atoms with Gasteiger partial charge in [0.1, 0.15) is 0 Å². The largest absolute Gasteiger partial charge is 0.416 e. The van der Waals surface area contributed by atoms with Crippen LogP contribution in [0.1, 0.15) is 118 Å². The van der Waals surface area contributed by atoms with Crippen molar-refractivity contribution in [2.24, 2.45) is 5.41 Å². The quantitative estimate of drug-likeness (QED) is 0.295. The fraction of sp³-hybridized carbons (Fsp3) is 0.528. The van der Waals surface area contributed by atoms with E-state index in [1.54, 1.807) is 11.8 Å². The molecule has 238 valence electrons. The second kappa shape index (κ2) is 12.1. The molecule has 2 aromatic carbocycles. The molecule has 1 aliphatic heterocycles. The Kier molecular flexibility index (Phi) is 8.87. The first kappa shape index (κ1) is 32.4. The summed E-state index contributed by atoms with van der Waals surface area (Å²) in [4.78, 5) is 15.1. The van der Waals surface area contributed by atoms with Crippen molar-refractivity contribution in [1.29, 1.82) is 0 Å². The maximum absolute atomic E-state index is 13.6. The summed E-state index contributed by atoms with van der Waals surface area (Å²) in [6.07, 6.45) is 0.285. The van der Waals surface area contributed by atoms with Crippen molar-refractivity contribution in [2.75, 3.05) is 6.54 Å². The predicted octanol–water partition coefficient (Wildman–Crippen LogP) is 10.6. The Balaban J connectivity index is 1.52. The maximum atomic E-state index is 13.6. The number of hydrogen-bond donors (Lipinski definition) is 0. The highest BCUT2D eigenvalue weighted by Gasteiger charge is 2.43. The highest BCUT2D eigenvalue weighted by atomic mass is 19.4. The third-order valence-electron chi connectivity index (χ3n) is 9.84. The molecule has 2 atom stereocenters. The van der Waals surface area contributed by atoms with Crippen molar-refractivity contribution in [3.8, 4) is 0 Å². The van der Waals surface area contributed by atoms with Crippen LogP contribution in [0.5, 0.6) is 0 Å². The molecular formula is C36H41F6NO. The zero-order chi connectivity index (χ0) is 32.0. The molecule has 44 heavy (non-hydrogen) atoms. The van der Waals surface area contributed by atoms with Crippen molar-refractivity contribution < 1.29 is 31.1 Å². The van der Waals surface area contributed by atoms with Crippen molar-refractivity contribution >= 4 is 17.1 Å². The van der Waals surface area contributed by atoms with Gasteiger partial charge in [-0.05, 0) is 127 Å². The monoisotopic (exact) mass is 617 g/mol. The lowest BCUT2D eigenvalue weighted by atomic mass is 9.72. The standard InChI is InChI=1S/C36H41F6NO/c1-5-23-11-12-25(24-9-7-6-8-10-24)17-32(23)30-13-14-34(3,4)20-27(30)21-43-22(2)31(19-33(43)44)26-15-28(35(37,38)39)18-29(16-26)36(40,41)42/h9,11-12,15-18,22,31H,5-8,10,13-14,19-21H2,1-4H3. The maximum Gasteiger partial charge on any atom is 0.416 e. The number of alkyl halides is 6. The SMILES string of the molecule is CCc1ccc(C2=CCCCC2)cc1C1=C(CN2C(=O)CC(c3cc(C(F)(F)F)cc(C(F)(F)F)c3)C2C)CC(C)(C)CC1. The Morgan fingerprint density at radius 3 is 2.20 bits per heavy atom. The lowest BCUT2D eigenvalue weighted by Gasteiger charge is -2.37. The Morgan fingerprint density at radius 1 is 0.932 bits per heavy atom. The molecule has 5 rings (SSSR count). The van der Waals surface area contributed by atoms with Crippen LogP contribution in [0.15, 0.2) is 48.0 Å². The van der Waals surface area contributed by atoms with Crippen LogP contribution < -0.4 is 0 Å². The molecule has 8 heteroatoms. The number of nitrogens with zero attached hydrogens (tertiary/aromatic N) is 1. The molecular weight excluding hydrogens is 576 g/mol. The lowest BCUT2D eigenvalue weighted by Crippen LogP contribution is -2.36. The number of halogens is 6. The summed E-state index contributed by atoms with van der Waals surface area (Å²) in [5.41, 5.74) is 4.59. The molecule has 1 heterocycles. The number of likely N-dealkylation sites (tertiary alicyclic amines) is 1. The smallest absolute Gasteiger partial charge is 0.335 e. The van der Waals surface area contributed by atoms with Crippen LogP contribution in [0.25, 0.3) is 11.1 Å². The van der Waals surface area contributed by atoms with Crippen LogP contribution in [0.3, 0.4) is 0 Å². The van der Waals surface area contributed by atoms with E-state index in [0.29, 0.717) is 6.54 Å². The highest BCUT2D eigenvalue weighted by Crippen LogP contribution is 2.46.